The summed E-state index contributed by atoms with van der Waals surface area (Å²) in [7, 11) is 2.73. The van der Waals surface area contributed by atoms with Crippen molar-refractivity contribution in [1.82, 2.24) is 5.43 Å². The van der Waals surface area contributed by atoms with Gasteiger partial charge >= 0.3 is 5.97 Å². The van der Waals surface area contributed by atoms with Crippen LogP contribution >= 0.6 is 0 Å². The predicted octanol–water partition coefficient (Wildman–Crippen LogP) is 2.10. The summed E-state index contributed by atoms with van der Waals surface area (Å²) < 4.78 is 15.5. The lowest BCUT2D eigenvalue weighted by Crippen LogP contribution is -2.35. The quantitative estimate of drug-likeness (QED) is 0.457. The summed E-state index contributed by atoms with van der Waals surface area (Å²) in [4.78, 5) is 36.5. The maximum absolute atomic E-state index is 12.7. The molecule has 1 heterocycles. The fraction of sp³-hybridized carbons (Fsp3) is 0.190. The number of benzene rings is 2. The molecule has 1 atom stereocenters. The molecule has 0 aromatic heterocycles. The van der Waals surface area contributed by atoms with Gasteiger partial charge in [0.2, 0.25) is 0 Å². The van der Waals surface area contributed by atoms with E-state index in [4.69, 9.17) is 9.47 Å². The van der Waals surface area contributed by atoms with Gasteiger partial charge in [0, 0.05) is 0 Å². The average molecular weight is 396 g/mol. The second-order valence-corrected chi connectivity index (χ2v) is 6.17. The van der Waals surface area contributed by atoms with Gasteiger partial charge in [-0.1, -0.05) is 24.3 Å². The molecule has 1 fully saturated rings. The van der Waals surface area contributed by atoms with Crippen LogP contribution in [-0.4, -0.2) is 38.1 Å². The Bertz CT molecular complexity index is 970. The summed E-state index contributed by atoms with van der Waals surface area (Å²) in [5.41, 5.74) is 3.66. The number of nitrogens with one attached hydrogen (secondary N) is 1. The minimum absolute atomic E-state index is 0.00694. The van der Waals surface area contributed by atoms with E-state index >= 15 is 0 Å². The number of methoxy groups -OCH3 is 2. The zero-order valence-electron chi connectivity index (χ0n) is 16.2. The monoisotopic (exact) mass is 396 g/mol. The summed E-state index contributed by atoms with van der Waals surface area (Å²) in [6, 6.07) is 13.7. The Hall–Kier alpha value is -3.81. The van der Waals surface area contributed by atoms with Crippen LogP contribution in [0.1, 0.15) is 12.5 Å². The second kappa shape index (κ2) is 8.47. The number of nitrogens with zero attached hydrogens (tertiary/aromatic N) is 1. The lowest BCUT2D eigenvalue weighted by molar-refractivity contribution is -0.148. The van der Waals surface area contributed by atoms with Crippen LogP contribution < -0.4 is 19.9 Å². The van der Waals surface area contributed by atoms with Crippen LogP contribution in [0.15, 0.2) is 54.1 Å². The lowest BCUT2D eigenvalue weighted by atomic mass is 10.1. The SMILES string of the molecule is COC(=O)C(C)Oc1ccc(C=C2C(=O)NN(c3ccccc3)C2=O)cc1OC. The molecule has 1 unspecified atom stereocenters. The smallest absolute Gasteiger partial charge is 0.346 e. The largest absolute Gasteiger partial charge is 0.493 e. The summed E-state index contributed by atoms with van der Waals surface area (Å²) in [6.07, 6.45) is 0.649. The third-order valence-electron chi connectivity index (χ3n) is 4.24. The molecule has 0 spiro atoms. The number of rotatable bonds is 6. The van der Waals surface area contributed by atoms with Crippen LogP contribution in [0.4, 0.5) is 5.69 Å². The molecular weight excluding hydrogens is 376 g/mol. The van der Waals surface area contributed by atoms with Crippen molar-refractivity contribution in [2.45, 2.75) is 13.0 Å². The Balaban J connectivity index is 1.85. The van der Waals surface area contributed by atoms with Crippen molar-refractivity contribution in [2.24, 2.45) is 0 Å². The number of esters is 1. The van der Waals surface area contributed by atoms with Crippen LogP contribution in [0.5, 0.6) is 11.5 Å². The van der Waals surface area contributed by atoms with Crippen LogP contribution in [0.25, 0.3) is 6.08 Å². The standard InChI is InChI=1S/C21H20N2O6/c1-13(21(26)28-3)29-17-10-9-14(12-18(17)27-2)11-16-19(24)22-23(20(16)25)15-7-5-4-6-8-15/h4-13H,1-3H3,(H,22,24). The highest BCUT2D eigenvalue weighted by Crippen LogP contribution is 2.30. The first-order valence-electron chi connectivity index (χ1n) is 8.79. The van der Waals surface area contributed by atoms with Gasteiger partial charge in [-0.05, 0) is 42.8 Å². The first-order chi connectivity index (χ1) is 13.9. The van der Waals surface area contributed by atoms with Crippen molar-refractivity contribution < 1.29 is 28.6 Å². The maximum Gasteiger partial charge on any atom is 0.346 e. The normalized spacial score (nSPS) is 15.8. The lowest BCUT2D eigenvalue weighted by Gasteiger charge is -2.15. The molecule has 1 saturated heterocycles. The molecular formula is C21H20N2O6. The fourth-order valence-electron chi connectivity index (χ4n) is 2.76. The van der Waals surface area contributed by atoms with E-state index in [0.29, 0.717) is 22.7 Å². The third-order valence-corrected chi connectivity index (χ3v) is 4.24. The van der Waals surface area contributed by atoms with Crippen molar-refractivity contribution in [3.05, 3.63) is 59.7 Å². The van der Waals surface area contributed by atoms with Crippen LogP contribution in [0.3, 0.4) is 0 Å². The van der Waals surface area contributed by atoms with Crippen molar-refractivity contribution >= 4 is 29.5 Å². The summed E-state index contributed by atoms with van der Waals surface area (Å²) in [5.74, 6) is -0.800. The zero-order chi connectivity index (χ0) is 21.0. The minimum Gasteiger partial charge on any atom is -0.493 e. The van der Waals surface area contributed by atoms with Crippen molar-refractivity contribution in [1.29, 1.82) is 0 Å². The number of anilines is 1. The molecule has 1 N–H and O–H groups in total. The molecule has 2 aromatic carbocycles. The molecule has 8 heteroatoms. The Morgan fingerprint density at radius 3 is 2.45 bits per heavy atom. The third kappa shape index (κ3) is 4.21. The van der Waals surface area contributed by atoms with E-state index in [1.54, 1.807) is 49.4 Å². The Morgan fingerprint density at radius 1 is 1.07 bits per heavy atom. The van der Waals surface area contributed by atoms with Gasteiger partial charge in [0.25, 0.3) is 11.8 Å². The molecule has 0 radical (unpaired) electrons. The number of hydrazine groups is 1. The topological polar surface area (TPSA) is 94.2 Å². The number of ether oxygens (including phenoxy) is 3. The van der Waals surface area contributed by atoms with Gasteiger partial charge in [-0.3, -0.25) is 15.0 Å². The van der Waals surface area contributed by atoms with Crippen molar-refractivity contribution in [3.8, 4) is 11.5 Å². The van der Waals surface area contributed by atoms with Crippen molar-refractivity contribution in [2.75, 3.05) is 19.2 Å². The predicted molar refractivity (Wildman–Crippen MR) is 105 cm³/mol. The van der Waals surface area contributed by atoms with E-state index in [1.807, 2.05) is 6.07 Å². The zero-order valence-corrected chi connectivity index (χ0v) is 16.2. The van der Waals surface area contributed by atoms with Gasteiger partial charge in [0.05, 0.1) is 19.9 Å². The molecule has 0 saturated carbocycles. The molecule has 0 aliphatic carbocycles. The van der Waals surface area contributed by atoms with Gasteiger partial charge in [-0.2, -0.15) is 0 Å². The first-order valence-corrected chi connectivity index (χ1v) is 8.79. The van der Waals surface area contributed by atoms with E-state index in [9.17, 15) is 14.4 Å². The molecule has 2 amide bonds. The van der Waals surface area contributed by atoms with Crippen LogP contribution in [-0.2, 0) is 19.1 Å². The van der Waals surface area contributed by atoms with Gasteiger partial charge in [0.15, 0.2) is 17.6 Å². The number of carbonyl (C=O) groups excluding carboxylic acids is 3. The molecule has 0 bridgehead atoms. The van der Waals surface area contributed by atoms with E-state index in [2.05, 4.69) is 10.2 Å². The van der Waals surface area contributed by atoms with Gasteiger partial charge < -0.3 is 14.2 Å². The van der Waals surface area contributed by atoms with Gasteiger partial charge in [-0.25, -0.2) is 9.80 Å². The Kier molecular flexibility index (Phi) is 5.82. The number of hydrogen-bond donors (Lipinski definition) is 1. The highest BCUT2D eigenvalue weighted by atomic mass is 16.6. The first kappa shape index (κ1) is 19.9. The molecule has 3 rings (SSSR count). The highest BCUT2D eigenvalue weighted by Gasteiger charge is 2.34. The van der Waals surface area contributed by atoms with Crippen LogP contribution in [0.2, 0.25) is 0 Å². The fourth-order valence-corrected chi connectivity index (χ4v) is 2.76. The minimum atomic E-state index is -0.820. The number of hydrogen-bond acceptors (Lipinski definition) is 6. The maximum atomic E-state index is 12.7. The Labute approximate surface area is 167 Å². The summed E-state index contributed by atoms with van der Waals surface area (Å²) in [6.45, 7) is 1.56. The van der Waals surface area contributed by atoms with E-state index in [-0.39, 0.29) is 5.57 Å². The summed E-state index contributed by atoms with van der Waals surface area (Å²) >= 11 is 0. The molecule has 150 valence electrons. The molecule has 29 heavy (non-hydrogen) atoms. The van der Waals surface area contributed by atoms with Gasteiger partial charge in [0.1, 0.15) is 5.57 Å². The molecule has 8 nitrogen and oxygen atoms in total. The molecule has 1 aliphatic rings. The number of para-hydroxylation sites is 1. The Morgan fingerprint density at radius 2 is 1.79 bits per heavy atom. The number of amides is 2. The van der Waals surface area contributed by atoms with E-state index < -0.39 is 23.9 Å². The average Bonchev–Trinajstić information content (AvgIpc) is 3.02. The number of carbonyl (C=O) groups is 3. The van der Waals surface area contributed by atoms with E-state index in [1.165, 1.54) is 25.3 Å². The highest BCUT2D eigenvalue weighted by molar-refractivity contribution is 6.31. The molecule has 2 aromatic rings. The summed E-state index contributed by atoms with van der Waals surface area (Å²) in [5, 5.41) is 1.20. The molecule has 1 aliphatic heterocycles. The van der Waals surface area contributed by atoms with Gasteiger partial charge in [-0.15, -0.1) is 0 Å². The van der Waals surface area contributed by atoms with Crippen molar-refractivity contribution in [3.63, 3.8) is 0 Å². The van der Waals surface area contributed by atoms with Crippen LogP contribution in [0, 0.1) is 0 Å². The second-order valence-electron chi connectivity index (χ2n) is 6.17. The van der Waals surface area contributed by atoms with E-state index in [0.717, 1.165) is 0 Å².